The largest absolute Gasteiger partial charge is 0.378 e. The number of nitrogens with zero attached hydrogens (tertiary/aromatic N) is 1. The molecule has 0 radical (unpaired) electrons. The topological polar surface area (TPSA) is 30.9 Å². The summed E-state index contributed by atoms with van der Waals surface area (Å²) in [6.07, 6.45) is 4.33. The van der Waals surface area contributed by atoms with E-state index in [2.05, 4.69) is 51.2 Å². The number of benzene rings is 1. The van der Waals surface area contributed by atoms with Crippen LogP contribution in [0, 0.1) is 0 Å². The first-order valence-corrected chi connectivity index (χ1v) is 10.1. The molecule has 4 nitrogen and oxygen atoms in total. The van der Waals surface area contributed by atoms with Gasteiger partial charge < -0.3 is 18.7 Å². The van der Waals surface area contributed by atoms with Crippen LogP contribution < -0.4 is 0 Å². The summed E-state index contributed by atoms with van der Waals surface area (Å²) in [4.78, 5) is 2.43. The Morgan fingerprint density at radius 1 is 1.08 bits per heavy atom. The molecule has 0 spiro atoms. The van der Waals surface area contributed by atoms with Gasteiger partial charge in [-0.15, -0.1) is 0 Å². The normalized spacial score (nSPS) is 20.5. The highest BCUT2D eigenvalue weighted by molar-refractivity contribution is 9.10. The highest BCUT2D eigenvalue weighted by atomic mass is 79.9. The minimum Gasteiger partial charge on any atom is -0.378 e. The number of hydrogen-bond acceptors (Lipinski definition) is 4. The maximum atomic E-state index is 5.61. The van der Waals surface area contributed by atoms with Crippen molar-refractivity contribution >= 4 is 30.4 Å². The third-order valence-electron chi connectivity index (χ3n) is 4.30. The molecule has 1 heterocycles. The molecule has 24 heavy (non-hydrogen) atoms. The fourth-order valence-corrected chi connectivity index (χ4v) is 4.83. The maximum absolute atomic E-state index is 5.61. The zero-order chi connectivity index (χ0) is 16.9. The van der Waals surface area contributed by atoms with Crippen molar-refractivity contribution in [1.82, 2.24) is 4.90 Å². The van der Waals surface area contributed by atoms with E-state index in [4.69, 9.17) is 13.8 Å². The maximum Gasteiger partial charge on any atom is 0.202 e. The predicted octanol–water partition coefficient (Wildman–Crippen LogP) is 4.77. The second-order valence-electron chi connectivity index (χ2n) is 5.74. The van der Waals surface area contributed by atoms with Crippen LogP contribution in [0.15, 0.2) is 45.3 Å². The first kappa shape index (κ1) is 18.1. The van der Waals surface area contributed by atoms with Crippen molar-refractivity contribution in [2.24, 2.45) is 0 Å². The Hall–Kier alpha value is -0.710. The summed E-state index contributed by atoms with van der Waals surface area (Å²) in [6.45, 7) is 3.40. The Morgan fingerprint density at radius 3 is 2.38 bits per heavy atom. The van der Waals surface area contributed by atoms with E-state index in [0.717, 1.165) is 43.6 Å². The van der Waals surface area contributed by atoms with Crippen molar-refractivity contribution in [3.05, 3.63) is 50.9 Å². The van der Waals surface area contributed by atoms with Gasteiger partial charge in [0, 0.05) is 42.8 Å². The van der Waals surface area contributed by atoms with E-state index in [1.807, 2.05) is 0 Å². The molecular weight excluding hydrogens is 389 g/mol. The minimum absolute atomic E-state index is 0.778. The lowest BCUT2D eigenvalue weighted by molar-refractivity contribution is 0.0548. The van der Waals surface area contributed by atoms with Gasteiger partial charge in [-0.25, -0.2) is 0 Å². The first-order valence-electron chi connectivity index (χ1n) is 8.13. The molecule has 6 heteroatoms. The van der Waals surface area contributed by atoms with E-state index in [0.29, 0.717) is 0 Å². The Labute approximate surface area is 153 Å². The number of halogens is 1. The molecule has 0 unspecified atom stereocenters. The third kappa shape index (κ3) is 4.09. The SMILES string of the molecule is COP(OC)C1=C(N2CCOCC2)/C(=C/c2ccc(Br)cc2)CC1. The molecule has 1 aliphatic carbocycles. The number of morpholine rings is 1. The van der Waals surface area contributed by atoms with Crippen LogP contribution in [0.4, 0.5) is 0 Å². The highest BCUT2D eigenvalue weighted by Crippen LogP contribution is 2.55. The van der Waals surface area contributed by atoms with Crippen LogP contribution in [0.25, 0.3) is 6.08 Å². The van der Waals surface area contributed by atoms with Crippen LogP contribution in [-0.2, 0) is 13.8 Å². The van der Waals surface area contributed by atoms with Gasteiger partial charge in [0.1, 0.15) is 0 Å². The van der Waals surface area contributed by atoms with Crippen molar-refractivity contribution in [3.63, 3.8) is 0 Å². The van der Waals surface area contributed by atoms with E-state index in [1.165, 1.54) is 22.1 Å². The predicted molar refractivity (Wildman–Crippen MR) is 102 cm³/mol. The second kappa shape index (κ2) is 8.59. The van der Waals surface area contributed by atoms with Crippen molar-refractivity contribution < 1.29 is 13.8 Å². The van der Waals surface area contributed by atoms with Gasteiger partial charge >= 0.3 is 0 Å². The summed E-state index contributed by atoms with van der Waals surface area (Å²) in [6, 6.07) is 8.44. The lowest BCUT2D eigenvalue weighted by atomic mass is 10.1. The Balaban J connectivity index is 1.96. The summed E-state index contributed by atoms with van der Waals surface area (Å²) in [7, 11) is 2.48. The van der Waals surface area contributed by atoms with E-state index in [-0.39, 0.29) is 0 Å². The van der Waals surface area contributed by atoms with Crippen LogP contribution in [0.5, 0.6) is 0 Å². The lowest BCUT2D eigenvalue weighted by Crippen LogP contribution is -2.36. The number of hydrogen-bond donors (Lipinski definition) is 0. The molecule has 0 saturated carbocycles. The number of ether oxygens (including phenoxy) is 1. The third-order valence-corrected chi connectivity index (χ3v) is 6.37. The van der Waals surface area contributed by atoms with Crippen LogP contribution in [0.1, 0.15) is 18.4 Å². The smallest absolute Gasteiger partial charge is 0.202 e. The Morgan fingerprint density at radius 2 is 1.75 bits per heavy atom. The van der Waals surface area contributed by atoms with Gasteiger partial charge in [-0.3, -0.25) is 0 Å². The van der Waals surface area contributed by atoms with Gasteiger partial charge in [0.05, 0.1) is 13.2 Å². The average Bonchev–Trinajstić information content (AvgIpc) is 3.02. The van der Waals surface area contributed by atoms with Gasteiger partial charge in [-0.2, -0.15) is 0 Å². The molecule has 0 bridgehead atoms. The van der Waals surface area contributed by atoms with Crippen LogP contribution in [0.2, 0.25) is 0 Å². The molecule has 0 atom stereocenters. The minimum atomic E-state index is -0.979. The van der Waals surface area contributed by atoms with Crippen molar-refractivity contribution in [3.8, 4) is 0 Å². The average molecular weight is 412 g/mol. The van der Waals surface area contributed by atoms with Crippen LogP contribution in [0.3, 0.4) is 0 Å². The van der Waals surface area contributed by atoms with Gasteiger partial charge in [0.25, 0.3) is 0 Å². The standard InChI is InChI=1S/C18H23BrNO3P/c1-21-24(22-2)17-8-5-15(13-14-3-6-16(19)7-4-14)18(17)20-9-11-23-12-10-20/h3-4,6-7,13H,5,8-12H2,1-2H3/b15-13+. The molecule has 3 rings (SSSR count). The number of allylic oxidation sites excluding steroid dienone is 2. The molecule has 2 aliphatic rings. The molecule has 0 aromatic heterocycles. The first-order chi connectivity index (χ1) is 11.7. The summed E-state index contributed by atoms with van der Waals surface area (Å²) in [5, 5.41) is 1.31. The molecule has 0 N–H and O–H groups in total. The van der Waals surface area contributed by atoms with E-state index < -0.39 is 8.38 Å². The van der Waals surface area contributed by atoms with Crippen molar-refractivity contribution in [2.75, 3.05) is 40.5 Å². The summed E-state index contributed by atoms with van der Waals surface area (Å²) < 4.78 is 17.9. The van der Waals surface area contributed by atoms with E-state index in [1.54, 1.807) is 14.2 Å². The van der Waals surface area contributed by atoms with Crippen LogP contribution in [-0.4, -0.2) is 45.4 Å². The fourth-order valence-electron chi connectivity index (χ4n) is 3.22. The fraction of sp³-hybridized carbons (Fsp3) is 0.444. The molecule has 1 saturated heterocycles. The molecule has 1 aromatic rings. The molecule has 1 fully saturated rings. The van der Waals surface area contributed by atoms with E-state index >= 15 is 0 Å². The Bertz CT molecular complexity index is 620. The molecule has 1 aromatic carbocycles. The summed E-state index contributed by atoms with van der Waals surface area (Å²) >= 11 is 3.50. The quantitative estimate of drug-likeness (QED) is 0.652. The molecular formula is C18H23BrNO3P. The Kier molecular flexibility index (Phi) is 6.48. The molecule has 0 amide bonds. The summed E-state index contributed by atoms with van der Waals surface area (Å²) in [5.74, 6) is 0. The van der Waals surface area contributed by atoms with Crippen LogP contribution >= 0.6 is 24.3 Å². The zero-order valence-corrected chi connectivity index (χ0v) is 16.6. The zero-order valence-electron chi connectivity index (χ0n) is 14.1. The van der Waals surface area contributed by atoms with Crippen molar-refractivity contribution in [1.29, 1.82) is 0 Å². The molecule has 130 valence electrons. The van der Waals surface area contributed by atoms with Gasteiger partial charge in [0.2, 0.25) is 8.38 Å². The molecule has 1 aliphatic heterocycles. The van der Waals surface area contributed by atoms with E-state index in [9.17, 15) is 0 Å². The van der Waals surface area contributed by atoms with Gasteiger partial charge in [0.15, 0.2) is 0 Å². The highest BCUT2D eigenvalue weighted by Gasteiger charge is 2.31. The summed E-state index contributed by atoms with van der Waals surface area (Å²) in [5.41, 5.74) is 3.91. The van der Waals surface area contributed by atoms with Gasteiger partial charge in [-0.05, 0) is 42.2 Å². The monoisotopic (exact) mass is 411 g/mol. The second-order valence-corrected chi connectivity index (χ2v) is 8.44. The lowest BCUT2D eigenvalue weighted by Gasteiger charge is -2.32. The number of rotatable bonds is 5. The van der Waals surface area contributed by atoms with Gasteiger partial charge in [-0.1, -0.05) is 28.1 Å². The van der Waals surface area contributed by atoms with Crippen molar-refractivity contribution in [2.45, 2.75) is 12.8 Å².